The summed E-state index contributed by atoms with van der Waals surface area (Å²) in [5, 5.41) is 12.5. The fraction of sp³-hybridized carbons (Fsp3) is 0.579. The predicted octanol–water partition coefficient (Wildman–Crippen LogP) is 3.48. The lowest BCUT2D eigenvalue weighted by atomic mass is 9.61. The van der Waals surface area contributed by atoms with Crippen LogP contribution in [0.2, 0.25) is 0 Å². The summed E-state index contributed by atoms with van der Waals surface area (Å²) in [7, 11) is 0. The average Bonchev–Trinajstić information content (AvgIpc) is 2.40. The molecule has 0 unspecified atom stereocenters. The molecule has 2 N–H and O–H groups in total. The van der Waals surface area contributed by atoms with Gasteiger partial charge < -0.3 is 19.9 Å². The summed E-state index contributed by atoms with van der Waals surface area (Å²) in [6.45, 7) is 9.23. The Kier molecular flexibility index (Phi) is 5.30. The maximum Gasteiger partial charge on any atom is 0.407 e. The van der Waals surface area contributed by atoms with Crippen LogP contribution in [0.15, 0.2) is 24.3 Å². The zero-order valence-electron chi connectivity index (χ0n) is 15.5. The van der Waals surface area contributed by atoms with E-state index in [2.05, 4.69) is 5.32 Å². The number of aliphatic carboxylic acids is 1. The zero-order valence-corrected chi connectivity index (χ0v) is 15.5. The van der Waals surface area contributed by atoms with Crippen LogP contribution in [0, 0.1) is 0 Å². The number of amides is 1. The number of carboxylic acid groups (broad SMARTS) is 1. The van der Waals surface area contributed by atoms with Crippen LogP contribution in [0.4, 0.5) is 4.79 Å². The van der Waals surface area contributed by atoms with Crippen molar-refractivity contribution in [2.75, 3.05) is 0 Å². The number of hydrogen-bond donors (Lipinski definition) is 2. The van der Waals surface area contributed by atoms with Crippen molar-refractivity contribution < 1.29 is 24.2 Å². The SMILES string of the molecule is CC(C)Oc1ccc(C2(C(=O)O)CC(NC(=O)OC(C)(C)C)C2)cc1. The number of alkyl carbamates (subject to hydrolysis) is 1. The molecule has 0 aromatic heterocycles. The van der Waals surface area contributed by atoms with Gasteiger partial charge in [-0.25, -0.2) is 4.79 Å². The van der Waals surface area contributed by atoms with E-state index in [1.807, 2.05) is 13.8 Å². The molecule has 0 bridgehead atoms. The number of carbonyl (C=O) groups excluding carboxylic acids is 1. The van der Waals surface area contributed by atoms with Gasteiger partial charge in [0, 0.05) is 6.04 Å². The first-order valence-electron chi connectivity index (χ1n) is 8.52. The molecule has 1 aliphatic carbocycles. The lowest BCUT2D eigenvalue weighted by Gasteiger charge is -2.45. The van der Waals surface area contributed by atoms with Crippen molar-refractivity contribution in [3.8, 4) is 5.75 Å². The van der Waals surface area contributed by atoms with Crippen molar-refractivity contribution >= 4 is 12.1 Å². The van der Waals surface area contributed by atoms with E-state index in [1.165, 1.54) is 0 Å². The fourth-order valence-electron chi connectivity index (χ4n) is 3.02. The molecule has 6 heteroatoms. The Morgan fingerprint density at radius 2 is 1.76 bits per heavy atom. The van der Waals surface area contributed by atoms with Crippen LogP contribution in [-0.4, -0.2) is 34.9 Å². The Hall–Kier alpha value is -2.24. The minimum atomic E-state index is -0.976. The Labute approximate surface area is 148 Å². The van der Waals surface area contributed by atoms with Crippen LogP contribution in [0.1, 0.15) is 53.0 Å². The summed E-state index contributed by atoms with van der Waals surface area (Å²) < 4.78 is 10.8. The molecule has 138 valence electrons. The Bertz CT molecular complexity index is 624. The van der Waals surface area contributed by atoms with Gasteiger partial charge in [-0.2, -0.15) is 0 Å². The molecule has 25 heavy (non-hydrogen) atoms. The summed E-state index contributed by atoms with van der Waals surface area (Å²) in [5.41, 5.74) is -0.835. The van der Waals surface area contributed by atoms with E-state index in [0.29, 0.717) is 18.6 Å². The molecule has 0 heterocycles. The minimum Gasteiger partial charge on any atom is -0.491 e. The number of hydrogen-bond acceptors (Lipinski definition) is 4. The maximum absolute atomic E-state index is 11.9. The van der Waals surface area contributed by atoms with Crippen LogP contribution < -0.4 is 10.1 Å². The van der Waals surface area contributed by atoms with Gasteiger partial charge in [0.1, 0.15) is 11.4 Å². The fourth-order valence-corrected chi connectivity index (χ4v) is 3.02. The second-order valence-electron chi connectivity index (χ2n) is 7.83. The van der Waals surface area contributed by atoms with E-state index in [9.17, 15) is 14.7 Å². The van der Waals surface area contributed by atoms with Crippen molar-refractivity contribution in [2.45, 2.75) is 70.6 Å². The molecule has 1 amide bonds. The Morgan fingerprint density at radius 1 is 1.20 bits per heavy atom. The highest BCUT2D eigenvalue weighted by atomic mass is 16.6. The highest BCUT2D eigenvalue weighted by Gasteiger charge is 2.52. The first kappa shape index (κ1) is 19.1. The maximum atomic E-state index is 11.9. The predicted molar refractivity (Wildman–Crippen MR) is 93.9 cm³/mol. The van der Waals surface area contributed by atoms with Gasteiger partial charge in [-0.1, -0.05) is 12.1 Å². The van der Waals surface area contributed by atoms with E-state index in [4.69, 9.17) is 9.47 Å². The van der Waals surface area contributed by atoms with Gasteiger partial charge in [0.2, 0.25) is 0 Å². The molecule has 1 aromatic carbocycles. The Morgan fingerprint density at radius 3 is 2.20 bits per heavy atom. The van der Waals surface area contributed by atoms with Gasteiger partial charge in [0.25, 0.3) is 0 Å². The van der Waals surface area contributed by atoms with Gasteiger partial charge in [-0.05, 0) is 65.2 Å². The van der Waals surface area contributed by atoms with E-state index < -0.39 is 23.1 Å². The first-order chi connectivity index (χ1) is 11.5. The molecule has 0 aliphatic heterocycles. The molecule has 1 aromatic rings. The van der Waals surface area contributed by atoms with Gasteiger partial charge in [0.15, 0.2) is 0 Å². The highest BCUT2D eigenvalue weighted by molar-refractivity contribution is 5.83. The van der Waals surface area contributed by atoms with Crippen molar-refractivity contribution in [3.63, 3.8) is 0 Å². The molecule has 1 aliphatic rings. The number of benzene rings is 1. The summed E-state index contributed by atoms with van der Waals surface area (Å²) >= 11 is 0. The third-order valence-electron chi connectivity index (χ3n) is 4.10. The number of carboxylic acids is 1. The molecule has 0 spiro atoms. The molecule has 0 saturated heterocycles. The third-order valence-corrected chi connectivity index (χ3v) is 4.10. The molecule has 0 atom stereocenters. The summed E-state index contributed by atoms with van der Waals surface area (Å²) in [4.78, 5) is 23.7. The molecular formula is C19H27NO5. The standard InChI is InChI=1S/C19H27NO5/c1-12(2)24-15-8-6-13(7-9-15)19(16(21)22)10-14(11-19)20-17(23)25-18(3,4)5/h6-9,12,14H,10-11H2,1-5H3,(H,20,23)(H,21,22). The van der Waals surface area contributed by atoms with Crippen molar-refractivity contribution in [2.24, 2.45) is 0 Å². The largest absolute Gasteiger partial charge is 0.491 e. The lowest BCUT2D eigenvalue weighted by molar-refractivity contribution is -0.148. The molecule has 1 fully saturated rings. The number of rotatable bonds is 5. The van der Waals surface area contributed by atoms with Crippen LogP contribution in [0.25, 0.3) is 0 Å². The third kappa shape index (κ3) is 4.65. The quantitative estimate of drug-likeness (QED) is 0.850. The van der Waals surface area contributed by atoms with Gasteiger partial charge in [0.05, 0.1) is 11.5 Å². The Balaban J connectivity index is 2.03. The normalized spacial score (nSPS) is 22.9. The van der Waals surface area contributed by atoms with Crippen LogP contribution >= 0.6 is 0 Å². The average molecular weight is 349 g/mol. The summed E-state index contributed by atoms with van der Waals surface area (Å²) in [6.07, 6.45) is 0.223. The van der Waals surface area contributed by atoms with Crippen LogP contribution in [0.5, 0.6) is 5.75 Å². The topological polar surface area (TPSA) is 84.9 Å². The van der Waals surface area contributed by atoms with E-state index in [1.54, 1.807) is 45.0 Å². The van der Waals surface area contributed by atoms with E-state index in [0.717, 1.165) is 5.56 Å². The smallest absolute Gasteiger partial charge is 0.407 e. The molecule has 1 saturated carbocycles. The number of ether oxygens (including phenoxy) is 2. The summed E-state index contributed by atoms with van der Waals surface area (Å²) in [5.74, 6) is -0.172. The van der Waals surface area contributed by atoms with Gasteiger partial charge >= 0.3 is 12.1 Å². The lowest BCUT2D eigenvalue weighted by Crippen LogP contribution is -2.57. The highest BCUT2D eigenvalue weighted by Crippen LogP contribution is 2.44. The van der Waals surface area contributed by atoms with Crippen molar-refractivity contribution in [3.05, 3.63) is 29.8 Å². The molecular weight excluding hydrogens is 322 g/mol. The first-order valence-corrected chi connectivity index (χ1v) is 8.52. The summed E-state index contributed by atoms with van der Waals surface area (Å²) in [6, 6.07) is 6.94. The number of carbonyl (C=O) groups is 2. The minimum absolute atomic E-state index is 0.0606. The molecule has 0 radical (unpaired) electrons. The van der Waals surface area contributed by atoms with Crippen molar-refractivity contribution in [1.29, 1.82) is 0 Å². The number of nitrogens with one attached hydrogen (secondary N) is 1. The van der Waals surface area contributed by atoms with Crippen LogP contribution in [0.3, 0.4) is 0 Å². The van der Waals surface area contributed by atoms with E-state index in [-0.39, 0.29) is 12.1 Å². The zero-order chi connectivity index (χ0) is 18.8. The second kappa shape index (κ2) is 6.94. The van der Waals surface area contributed by atoms with E-state index >= 15 is 0 Å². The second-order valence-corrected chi connectivity index (χ2v) is 7.83. The van der Waals surface area contributed by atoms with Crippen molar-refractivity contribution in [1.82, 2.24) is 5.32 Å². The van der Waals surface area contributed by atoms with Gasteiger partial charge in [-0.15, -0.1) is 0 Å². The monoisotopic (exact) mass is 349 g/mol. The molecule has 6 nitrogen and oxygen atoms in total. The van der Waals surface area contributed by atoms with Crippen LogP contribution in [-0.2, 0) is 14.9 Å². The molecule has 2 rings (SSSR count). The van der Waals surface area contributed by atoms with Gasteiger partial charge in [-0.3, -0.25) is 4.79 Å².